The number of carbonyl (C=O) groups is 4. The highest BCUT2D eigenvalue weighted by Crippen LogP contribution is 2.52. The van der Waals surface area contributed by atoms with Gasteiger partial charge in [0.05, 0.1) is 24.7 Å². The van der Waals surface area contributed by atoms with Gasteiger partial charge in [-0.1, -0.05) is 30.3 Å². The smallest absolute Gasteiger partial charge is 0.351 e. The van der Waals surface area contributed by atoms with Crippen molar-refractivity contribution in [1.82, 2.24) is 25.8 Å². The Hall–Kier alpha value is -3.90. The molecule has 3 heterocycles. The summed E-state index contributed by atoms with van der Waals surface area (Å²) in [6.45, 7) is 3.43. The number of aryl methyl sites for hydroxylation is 1. The van der Waals surface area contributed by atoms with Crippen LogP contribution in [0.1, 0.15) is 70.0 Å². The zero-order chi connectivity index (χ0) is 27.4. The van der Waals surface area contributed by atoms with Crippen LogP contribution in [0.3, 0.4) is 0 Å². The predicted octanol–water partition coefficient (Wildman–Crippen LogP) is 2.61. The van der Waals surface area contributed by atoms with Crippen molar-refractivity contribution in [2.75, 3.05) is 19.6 Å². The van der Waals surface area contributed by atoms with Crippen molar-refractivity contribution < 1.29 is 36.9 Å². The van der Waals surface area contributed by atoms with E-state index in [1.165, 1.54) is 16.9 Å². The minimum Gasteiger partial charge on any atom is -0.351 e. The van der Waals surface area contributed by atoms with Crippen molar-refractivity contribution in [2.45, 2.75) is 45.3 Å². The molecule has 5 rings (SSSR count). The normalized spacial score (nSPS) is 20.6. The van der Waals surface area contributed by atoms with E-state index in [1.54, 1.807) is 31.2 Å². The Balaban J connectivity index is 1.34. The van der Waals surface area contributed by atoms with E-state index in [0.717, 1.165) is 12.8 Å². The van der Waals surface area contributed by atoms with E-state index < -0.39 is 47.2 Å². The SMILES string of the molecule is CC[C@H](CNC(=O)c1c(C)noc1C(F)(F)F)C(=O)N[C@@H]1C(=O)N2CC3(CC3)CN2C(=O)c2ccccc21. The maximum absolute atomic E-state index is 13.6. The molecule has 1 spiro atoms. The van der Waals surface area contributed by atoms with Gasteiger partial charge in [-0.25, -0.2) is 10.0 Å². The maximum atomic E-state index is 13.6. The summed E-state index contributed by atoms with van der Waals surface area (Å²) in [6.07, 6.45) is -2.86. The van der Waals surface area contributed by atoms with Crippen LogP contribution in [0.4, 0.5) is 13.2 Å². The van der Waals surface area contributed by atoms with E-state index in [0.29, 0.717) is 24.2 Å². The van der Waals surface area contributed by atoms with Gasteiger partial charge in [-0.3, -0.25) is 19.2 Å². The van der Waals surface area contributed by atoms with Crippen LogP contribution in [0.25, 0.3) is 0 Å². The van der Waals surface area contributed by atoms with Gasteiger partial charge in [-0.05, 0) is 37.8 Å². The molecule has 2 fully saturated rings. The first kappa shape index (κ1) is 25.7. The van der Waals surface area contributed by atoms with Gasteiger partial charge in [-0.2, -0.15) is 13.2 Å². The Morgan fingerprint density at radius 3 is 2.53 bits per heavy atom. The Labute approximate surface area is 215 Å². The van der Waals surface area contributed by atoms with Crippen molar-refractivity contribution in [3.05, 3.63) is 52.4 Å². The Bertz CT molecular complexity index is 1320. The first-order valence-corrected chi connectivity index (χ1v) is 12.3. The molecule has 38 heavy (non-hydrogen) atoms. The van der Waals surface area contributed by atoms with Crippen LogP contribution >= 0.6 is 0 Å². The molecular weight excluding hydrogens is 507 g/mol. The third-order valence-electron chi connectivity index (χ3n) is 7.46. The lowest BCUT2D eigenvalue weighted by Crippen LogP contribution is -2.48. The topological polar surface area (TPSA) is 125 Å². The zero-order valence-corrected chi connectivity index (χ0v) is 20.7. The molecule has 1 aliphatic carbocycles. The van der Waals surface area contributed by atoms with Gasteiger partial charge < -0.3 is 15.2 Å². The van der Waals surface area contributed by atoms with Crippen LogP contribution in [-0.2, 0) is 15.8 Å². The van der Waals surface area contributed by atoms with Crippen molar-refractivity contribution in [2.24, 2.45) is 11.3 Å². The summed E-state index contributed by atoms with van der Waals surface area (Å²) in [5, 5.41) is 11.2. The van der Waals surface area contributed by atoms with Gasteiger partial charge in [0.25, 0.3) is 23.5 Å². The quantitative estimate of drug-likeness (QED) is 0.588. The molecular formula is C25H26F3N5O5. The average Bonchev–Trinajstić information content (AvgIpc) is 3.35. The molecule has 3 aliphatic rings. The standard InChI is InChI=1S/C25H26F3N5O5/c1-3-14(10-29-21(35)17-13(2)31-38-19(17)25(26,27)28)20(34)30-18-15-6-4-5-7-16(15)22(36)32-11-24(8-9-24)12-33(32)23(18)37/h4-7,14,18H,3,8-12H2,1-2H3,(H,29,35)(H,30,34)/t14-,18+/m1/s1. The Kier molecular flexibility index (Phi) is 6.19. The van der Waals surface area contributed by atoms with Crippen LogP contribution < -0.4 is 10.6 Å². The van der Waals surface area contributed by atoms with Crippen LogP contribution in [0.15, 0.2) is 28.8 Å². The number of aromatic nitrogens is 1. The Morgan fingerprint density at radius 2 is 1.87 bits per heavy atom. The number of hydrogen-bond acceptors (Lipinski definition) is 6. The number of fused-ring (bicyclic) bond motifs is 2. The number of amides is 4. The highest BCUT2D eigenvalue weighted by molar-refractivity contribution is 6.03. The van der Waals surface area contributed by atoms with Crippen molar-refractivity contribution in [3.8, 4) is 0 Å². The minimum absolute atomic E-state index is 0.0995. The molecule has 0 radical (unpaired) electrons. The number of benzene rings is 1. The summed E-state index contributed by atoms with van der Waals surface area (Å²) in [4.78, 5) is 52.7. The summed E-state index contributed by atoms with van der Waals surface area (Å²) >= 11 is 0. The number of nitrogens with one attached hydrogen (secondary N) is 2. The maximum Gasteiger partial charge on any atom is 0.453 e. The molecule has 2 aromatic rings. The molecule has 1 aromatic carbocycles. The summed E-state index contributed by atoms with van der Waals surface area (Å²) in [6, 6.07) is 5.45. The number of hydrogen-bond donors (Lipinski definition) is 2. The second kappa shape index (κ2) is 9.14. The summed E-state index contributed by atoms with van der Waals surface area (Å²) in [7, 11) is 0. The number of nitrogens with zero attached hydrogens (tertiary/aromatic N) is 3. The lowest BCUT2D eigenvalue weighted by molar-refractivity contribution is -0.155. The van der Waals surface area contributed by atoms with Crippen LogP contribution in [0.5, 0.6) is 0 Å². The molecule has 2 aliphatic heterocycles. The van der Waals surface area contributed by atoms with Gasteiger partial charge in [0.15, 0.2) is 0 Å². The molecule has 0 unspecified atom stereocenters. The van der Waals surface area contributed by atoms with Crippen LogP contribution in [-0.4, -0.2) is 58.4 Å². The number of carbonyl (C=O) groups excluding carboxylic acids is 4. The number of alkyl halides is 3. The molecule has 2 atom stereocenters. The molecule has 1 saturated heterocycles. The van der Waals surface area contributed by atoms with Gasteiger partial charge in [0, 0.05) is 17.5 Å². The molecule has 13 heteroatoms. The third kappa shape index (κ3) is 4.39. The van der Waals surface area contributed by atoms with Crippen molar-refractivity contribution in [3.63, 3.8) is 0 Å². The van der Waals surface area contributed by atoms with E-state index in [1.807, 2.05) is 0 Å². The Morgan fingerprint density at radius 1 is 1.18 bits per heavy atom. The molecule has 4 amide bonds. The van der Waals surface area contributed by atoms with Crippen LogP contribution in [0, 0.1) is 18.3 Å². The summed E-state index contributed by atoms with van der Waals surface area (Å²) < 4.78 is 43.9. The lowest BCUT2D eigenvalue weighted by Gasteiger charge is -2.28. The van der Waals surface area contributed by atoms with Gasteiger partial charge in [0.2, 0.25) is 5.91 Å². The number of halogens is 3. The van der Waals surface area contributed by atoms with E-state index in [9.17, 15) is 32.3 Å². The number of rotatable bonds is 6. The second-order valence-electron chi connectivity index (χ2n) is 10.1. The molecule has 1 saturated carbocycles. The fourth-order valence-electron chi connectivity index (χ4n) is 5.05. The predicted molar refractivity (Wildman–Crippen MR) is 124 cm³/mol. The fourth-order valence-corrected chi connectivity index (χ4v) is 5.05. The second-order valence-corrected chi connectivity index (χ2v) is 10.1. The lowest BCUT2D eigenvalue weighted by atomic mass is 9.97. The van der Waals surface area contributed by atoms with E-state index in [2.05, 4.69) is 20.3 Å². The molecule has 1 aromatic heterocycles. The highest BCUT2D eigenvalue weighted by atomic mass is 19.4. The highest BCUT2D eigenvalue weighted by Gasteiger charge is 2.56. The van der Waals surface area contributed by atoms with E-state index in [4.69, 9.17) is 0 Å². The first-order chi connectivity index (χ1) is 18.0. The van der Waals surface area contributed by atoms with Gasteiger partial charge in [0.1, 0.15) is 11.6 Å². The fraction of sp³-hybridized carbons (Fsp3) is 0.480. The monoisotopic (exact) mass is 533 g/mol. The average molecular weight is 534 g/mol. The molecule has 2 N–H and O–H groups in total. The number of hydrazine groups is 1. The van der Waals surface area contributed by atoms with E-state index in [-0.39, 0.29) is 30.0 Å². The summed E-state index contributed by atoms with van der Waals surface area (Å²) in [5.41, 5.74) is -0.402. The van der Waals surface area contributed by atoms with E-state index >= 15 is 0 Å². The van der Waals surface area contributed by atoms with Gasteiger partial charge in [-0.15, -0.1) is 0 Å². The van der Waals surface area contributed by atoms with Gasteiger partial charge >= 0.3 is 6.18 Å². The summed E-state index contributed by atoms with van der Waals surface area (Å²) in [5.74, 6) is -4.78. The van der Waals surface area contributed by atoms with Crippen LogP contribution in [0.2, 0.25) is 0 Å². The largest absolute Gasteiger partial charge is 0.453 e. The van der Waals surface area contributed by atoms with Crippen molar-refractivity contribution >= 4 is 23.6 Å². The first-order valence-electron chi connectivity index (χ1n) is 12.3. The molecule has 202 valence electrons. The van der Waals surface area contributed by atoms with Crippen molar-refractivity contribution in [1.29, 1.82) is 0 Å². The minimum atomic E-state index is -4.91. The zero-order valence-electron chi connectivity index (χ0n) is 20.7. The molecule has 0 bridgehead atoms. The molecule has 10 nitrogen and oxygen atoms in total. The third-order valence-corrected chi connectivity index (χ3v) is 7.46.